The number of aliphatic hydroxyl groups is 1. The second-order valence-electron chi connectivity index (χ2n) is 5.91. The van der Waals surface area contributed by atoms with E-state index in [2.05, 4.69) is 13.8 Å². The quantitative estimate of drug-likeness (QED) is 0.833. The maximum absolute atomic E-state index is 10.0. The fourth-order valence-electron chi connectivity index (χ4n) is 2.59. The molecule has 1 aromatic carbocycles. The number of ether oxygens (including phenoxy) is 1. The van der Waals surface area contributed by atoms with Gasteiger partial charge in [-0.25, -0.2) is 0 Å². The number of nitrogens with one attached hydrogen (secondary N) is 1. The summed E-state index contributed by atoms with van der Waals surface area (Å²) in [5, 5.41) is 10.0. The standard InChI is InChI=1S/C16H25NO2/c1-13-3-5-16(6-4-13)19-12-15(18)11-17-9-7-14(2)8-10-17/h3-6,14-15,18H,7-12H2,1-2H3/p+1/t15-/m1/s1. The van der Waals surface area contributed by atoms with Crippen LogP contribution in [0.4, 0.5) is 0 Å². The zero-order chi connectivity index (χ0) is 13.7. The fraction of sp³-hybridized carbons (Fsp3) is 0.625. The lowest BCUT2D eigenvalue weighted by atomic mass is 9.99. The van der Waals surface area contributed by atoms with Crippen LogP contribution >= 0.6 is 0 Å². The van der Waals surface area contributed by atoms with Gasteiger partial charge in [0.1, 0.15) is 25.0 Å². The molecule has 0 radical (unpaired) electrons. The minimum atomic E-state index is -0.371. The average Bonchev–Trinajstić information content (AvgIpc) is 2.41. The minimum absolute atomic E-state index is 0.371. The number of quaternary nitrogens is 1. The summed E-state index contributed by atoms with van der Waals surface area (Å²) in [6.07, 6.45) is 2.19. The number of rotatable bonds is 5. The Morgan fingerprint density at radius 1 is 1.26 bits per heavy atom. The lowest BCUT2D eigenvalue weighted by Gasteiger charge is -2.28. The summed E-state index contributed by atoms with van der Waals surface area (Å²) < 4.78 is 5.62. The second kappa shape index (κ2) is 6.92. The average molecular weight is 264 g/mol. The van der Waals surface area contributed by atoms with Crippen LogP contribution < -0.4 is 9.64 Å². The molecule has 0 unspecified atom stereocenters. The third kappa shape index (κ3) is 4.84. The van der Waals surface area contributed by atoms with Crippen LogP contribution in [0.1, 0.15) is 25.3 Å². The van der Waals surface area contributed by atoms with E-state index in [1.807, 2.05) is 24.3 Å². The van der Waals surface area contributed by atoms with Crippen LogP contribution in [0, 0.1) is 12.8 Å². The number of likely N-dealkylation sites (tertiary alicyclic amines) is 1. The molecule has 1 saturated heterocycles. The predicted octanol–water partition coefficient (Wildman–Crippen LogP) is 1.05. The first kappa shape index (κ1) is 14.4. The Labute approximate surface area is 116 Å². The molecule has 1 aromatic rings. The van der Waals surface area contributed by atoms with Gasteiger partial charge in [0.05, 0.1) is 13.1 Å². The van der Waals surface area contributed by atoms with Gasteiger partial charge in [-0.3, -0.25) is 0 Å². The smallest absolute Gasteiger partial charge is 0.137 e. The summed E-state index contributed by atoms with van der Waals surface area (Å²) in [5.41, 5.74) is 1.22. The molecule has 0 bridgehead atoms. The predicted molar refractivity (Wildman–Crippen MR) is 76.6 cm³/mol. The van der Waals surface area contributed by atoms with Crippen LogP contribution in [-0.2, 0) is 0 Å². The highest BCUT2D eigenvalue weighted by atomic mass is 16.5. The monoisotopic (exact) mass is 264 g/mol. The molecule has 1 fully saturated rings. The van der Waals surface area contributed by atoms with Gasteiger partial charge >= 0.3 is 0 Å². The number of aryl methyl sites for hydroxylation is 1. The molecule has 2 rings (SSSR count). The second-order valence-corrected chi connectivity index (χ2v) is 5.91. The minimum Gasteiger partial charge on any atom is -0.491 e. The highest BCUT2D eigenvalue weighted by molar-refractivity contribution is 5.26. The summed E-state index contributed by atoms with van der Waals surface area (Å²) >= 11 is 0. The summed E-state index contributed by atoms with van der Waals surface area (Å²) in [6, 6.07) is 7.97. The Kier molecular flexibility index (Phi) is 5.23. The summed E-state index contributed by atoms with van der Waals surface area (Å²) in [5.74, 6) is 1.69. The van der Waals surface area contributed by atoms with E-state index in [0.29, 0.717) is 6.61 Å². The van der Waals surface area contributed by atoms with Crippen molar-refractivity contribution in [3.8, 4) is 5.75 Å². The lowest BCUT2D eigenvalue weighted by molar-refractivity contribution is -0.909. The van der Waals surface area contributed by atoms with Gasteiger partial charge in [0.2, 0.25) is 0 Å². The van der Waals surface area contributed by atoms with Crippen molar-refractivity contribution in [3.05, 3.63) is 29.8 Å². The van der Waals surface area contributed by atoms with Gasteiger partial charge in [0, 0.05) is 0 Å². The van der Waals surface area contributed by atoms with E-state index >= 15 is 0 Å². The molecular weight excluding hydrogens is 238 g/mol. The molecule has 0 saturated carbocycles. The lowest BCUT2D eigenvalue weighted by Crippen LogP contribution is -3.14. The first-order valence-electron chi connectivity index (χ1n) is 7.34. The summed E-state index contributed by atoms with van der Waals surface area (Å²) in [6.45, 7) is 7.93. The van der Waals surface area contributed by atoms with E-state index in [0.717, 1.165) is 18.2 Å². The fourth-order valence-corrected chi connectivity index (χ4v) is 2.59. The number of hydrogen-bond donors (Lipinski definition) is 2. The zero-order valence-corrected chi connectivity index (χ0v) is 12.1. The molecule has 2 N–H and O–H groups in total. The van der Waals surface area contributed by atoms with Crippen molar-refractivity contribution in [2.24, 2.45) is 5.92 Å². The van der Waals surface area contributed by atoms with Crippen LogP contribution in [0.15, 0.2) is 24.3 Å². The molecule has 1 atom stereocenters. The van der Waals surface area contributed by atoms with Crippen LogP contribution in [0.25, 0.3) is 0 Å². The van der Waals surface area contributed by atoms with Gasteiger partial charge < -0.3 is 14.7 Å². The molecule has 3 nitrogen and oxygen atoms in total. The third-order valence-corrected chi connectivity index (χ3v) is 3.97. The van der Waals surface area contributed by atoms with E-state index < -0.39 is 0 Å². The van der Waals surface area contributed by atoms with E-state index in [1.165, 1.54) is 36.4 Å². The molecule has 0 amide bonds. The van der Waals surface area contributed by atoms with Crippen molar-refractivity contribution in [2.45, 2.75) is 32.8 Å². The van der Waals surface area contributed by atoms with Crippen LogP contribution in [0.2, 0.25) is 0 Å². The normalized spacial score (nSPS) is 25.0. The Balaban J connectivity index is 1.69. The molecule has 106 valence electrons. The van der Waals surface area contributed by atoms with E-state index in [9.17, 15) is 5.11 Å². The molecule has 0 aromatic heterocycles. The maximum atomic E-state index is 10.0. The van der Waals surface area contributed by atoms with Gasteiger partial charge in [0.25, 0.3) is 0 Å². The molecule has 0 aliphatic carbocycles. The molecule has 1 heterocycles. The maximum Gasteiger partial charge on any atom is 0.137 e. The van der Waals surface area contributed by atoms with Crippen molar-refractivity contribution in [1.82, 2.24) is 0 Å². The highest BCUT2D eigenvalue weighted by Gasteiger charge is 2.21. The molecule has 0 spiro atoms. The number of benzene rings is 1. The largest absolute Gasteiger partial charge is 0.491 e. The summed E-state index contributed by atoms with van der Waals surface area (Å²) in [4.78, 5) is 1.51. The number of hydrogen-bond acceptors (Lipinski definition) is 2. The van der Waals surface area contributed by atoms with Crippen molar-refractivity contribution >= 4 is 0 Å². The first-order chi connectivity index (χ1) is 9.13. The van der Waals surface area contributed by atoms with E-state index in [-0.39, 0.29) is 6.10 Å². The van der Waals surface area contributed by atoms with Gasteiger partial charge in [-0.15, -0.1) is 0 Å². The Morgan fingerprint density at radius 3 is 2.53 bits per heavy atom. The van der Waals surface area contributed by atoms with Crippen LogP contribution in [-0.4, -0.2) is 37.5 Å². The van der Waals surface area contributed by atoms with Crippen molar-refractivity contribution < 1.29 is 14.7 Å². The molecule has 1 aliphatic rings. The molecule has 3 heteroatoms. The third-order valence-electron chi connectivity index (χ3n) is 3.97. The van der Waals surface area contributed by atoms with Crippen molar-refractivity contribution in [3.63, 3.8) is 0 Å². The number of piperidine rings is 1. The van der Waals surface area contributed by atoms with E-state index in [4.69, 9.17) is 4.74 Å². The molecule has 1 aliphatic heterocycles. The first-order valence-corrected chi connectivity index (χ1v) is 7.34. The molecule has 19 heavy (non-hydrogen) atoms. The molecular formula is C16H26NO2+. The van der Waals surface area contributed by atoms with Gasteiger partial charge in [-0.1, -0.05) is 24.6 Å². The van der Waals surface area contributed by atoms with Gasteiger partial charge in [-0.05, 0) is 37.8 Å². The Morgan fingerprint density at radius 2 is 1.89 bits per heavy atom. The van der Waals surface area contributed by atoms with Crippen molar-refractivity contribution in [1.29, 1.82) is 0 Å². The highest BCUT2D eigenvalue weighted by Crippen LogP contribution is 2.11. The number of aliphatic hydroxyl groups excluding tert-OH is 1. The van der Waals surface area contributed by atoms with E-state index in [1.54, 1.807) is 0 Å². The van der Waals surface area contributed by atoms with Crippen LogP contribution in [0.3, 0.4) is 0 Å². The Bertz CT molecular complexity index is 369. The van der Waals surface area contributed by atoms with Crippen LogP contribution in [0.5, 0.6) is 5.75 Å². The zero-order valence-electron chi connectivity index (χ0n) is 12.1. The SMILES string of the molecule is Cc1ccc(OC[C@H](O)C[NH+]2CCC(C)CC2)cc1. The van der Waals surface area contributed by atoms with Crippen molar-refractivity contribution in [2.75, 3.05) is 26.2 Å². The van der Waals surface area contributed by atoms with Gasteiger partial charge in [-0.2, -0.15) is 0 Å². The topological polar surface area (TPSA) is 33.9 Å². The Hall–Kier alpha value is -1.06. The van der Waals surface area contributed by atoms with Gasteiger partial charge in [0.15, 0.2) is 0 Å². The summed E-state index contributed by atoms with van der Waals surface area (Å²) in [7, 11) is 0.